The molecule has 0 aliphatic heterocycles. The Labute approximate surface area is 132 Å². The van der Waals surface area contributed by atoms with Gasteiger partial charge in [0.2, 0.25) is 0 Å². The highest BCUT2D eigenvalue weighted by molar-refractivity contribution is 6.05. The Morgan fingerprint density at radius 3 is 2.52 bits per heavy atom. The van der Waals surface area contributed by atoms with Gasteiger partial charge in [-0.1, -0.05) is 6.92 Å². The third-order valence-electron chi connectivity index (χ3n) is 3.46. The summed E-state index contributed by atoms with van der Waals surface area (Å²) in [4.78, 5) is 16.4. The first-order valence-electron chi connectivity index (χ1n) is 7.23. The molecule has 0 radical (unpaired) electrons. The number of benzene rings is 1. The molecular formula is C17H15FN4O. The summed E-state index contributed by atoms with van der Waals surface area (Å²) >= 11 is 0. The number of carbonyl (C=O) groups excluding carboxylic acids is 1. The highest BCUT2D eigenvalue weighted by Gasteiger charge is 2.17. The minimum Gasteiger partial charge on any atom is -0.322 e. The van der Waals surface area contributed by atoms with Crippen molar-refractivity contribution in [3.63, 3.8) is 0 Å². The van der Waals surface area contributed by atoms with Gasteiger partial charge in [-0.25, -0.2) is 9.07 Å². The first kappa shape index (κ1) is 14.9. The Bertz CT molecular complexity index is 812. The average Bonchev–Trinajstić information content (AvgIpc) is 3.00. The highest BCUT2D eigenvalue weighted by atomic mass is 19.1. The third-order valence-corrected chi connectivity index (χ3v) is 3.46. The van der Waals surface area contributed by atoms with Crippen LogP contribution in [0.5, 0.6) is 0 Å². The van der Waals surface area contributed by atoms with Crippen LogP contribution in [0.25, 0.3) is 5.69 Å². The van der Waals surface area contributed by atoms with E-state index in [9.17, 15) is 9.18 Å². The fraction of sp³-hybridized carbons (Fsp3) is 0.118. The van der Waals surface area contributed by atoms with E-state index in [-0.39, 0.29) is 11.7 Å². The number of pyridine rings is 1. The largest absolute Gasteiger partial charge is 0.322 e. The Morgan fingerprint density at radius 2 is 1.87 bits per heavy atom. The maximum Gasteiger partial charge on any atom is 0.259 e. The van der Waals surface area contributed by atoms with Gasteiger partial charge in [-0.2, -0.15) is 5.10 Å². The Morgan fingerprint density at radius 1 is 1.17 bits per heavy atom. The molecule has 0 atom stereocenters. The van der Waals surface area contributed by atoms with Gasteiger partial charge in [0.1, 0.15) is 5.82 Å². The molecule has 3 aromatic rings. The fourth-order valence-corrected chi connectivity index (χ4v) is 2.34. The zero-order chi connectivity index (χ0) is 16.2. The molecule has 116 valence electrons. The van der Waals surface area contributed by atoms with E-state index in [2.05, 4.69) is 15.4 Å². The second-order valence-electron chi connectivity index (χ2n) is 4.94. The zero-order valence-corrected chi connectivity index (χ0v) is 12.5. The molecule has 0 unspecified atom stereocenters. The standard InChI is InChI=1S/C17H15FN4O/c1-2-16-15(17(23)21-13-7-9-19-10-8-13)11-20-22(16)14-5-3-12(18)4-6-14/h3-11H,2H2,1H3,(H,19,21,23). The van der Waals surface area contributed by atoms with Crippen LogP contribution in [-0.4, -0.2) is 20.7 Å². The van der Waals surface area contributed by atoms with Crippen molar-refractivity contribution in [2.75, 3.05) is 5.32 Å². The second-order valence-corrected chi connectivity index (χ2v) is 4.94. The van der Waals surface area contributed by atoms with Gasteiger partial charge >= 0.3 is 0 Å². The van der Waals surface area contributed by atoms with Crippen LogP contribution in [0.3, 0.4) is 0 Å². The van der Waals surface area contributed by atoms with Crippen LogP contribution in [0.2, 0.25) is 0 Å². The molecule has 3 rings (SSSR count). The Hall–Kier alpha value is -3.02. The van der Waals surface area contributed by atoms with E-state index < -0.39 is 0 Å². The number of carbonyl (C=O) groups is 1. The smallest absolute Gasteiger partial charge is 0.259 e. The predicted octanol–water partition coefficient (Wildman–Crippen LogP) is 3.22. The number of anilines is 1. The van der Waals surface area contributed by atoms with Crippen molar-refractivity contribution in [3.05, 3.63) is 72.1 Å². The first-order chi connectivity index (χ1) is 11.2. The second kappa shape index (κ2) is 6.39. The van der Waals surface area contributed by atoms with Crippen LogP contribution in [-0.2, 0) is 6.42 Å². The number of nitrogens with one attached hydrogen (secondary N) is 1. The summed E-state index contributed by atoms with van der Waals surface area (Å²) < 4.78 is 14.7. The van der Waals surface area contributed by atoms with E-state index in [4.69, 9.17) is 0 Å². The van der Waals surface area contributed by atoms with Crippen molar-refractivity contribution >= 4 is 11.6 Å². The van der Waals surface area contributed by atoms with Crippen LogP contribution in [0, 0.1) is 5.82 Å². The molecule has 6 heteroatoms. The zero-order valence-electron chi connectivity index (χ0n) is 12.5. The van der Waals surface area contributed by atoms with Crippen LogP contribution < -0.4 is 5.32 Å². The van der Waals surface area contributed by atoms with Gasteiger partial charge in [0.05, 0.1) is 23.1 Å². The number of aromatic nitrogens is 3. The van der Waals surface area contributed by atoms with Crippen LogP contribution in [0.1, 0.15) is 23.0 Å². The maximum absolute atomic E-state index is 13.1. The van der Waals surface area contributed by atoms with Crippen LogP contribution >= 0.6 is 0 Å². The minimum atomic E-state index is -0.311. The number of rotatable bonds is 4. The third kappa shape index (κ3) is 3.11. The monoisotopic (exact) mass is 310 g/mol. The van der Waals surface area contributed by atoms with Gasteiger partial charge in [0.15, 0.2) is 0 Å². The van der Waals surface area contributed by atoms with Crippen LogP contribution in [0.15, 0.2) is 55.0 Å². The summed E-state index contributed by atoms with van der Waals surface area (Å²) in [6.07, 6.45) is 5.37. The minimum absolute atomic E-state index is 0.235. The van der Waals surface area contributed by atoms with Crippen LogP contribution in [0.4, 0.5) is 10.1 Å². The summed E-state index contributed by atoms with van der Waals surface area (Å²) in [5.41, 5.74) is 2.64. The van der Waals surface area contributed by atoms with Gasteiger partial charge in [0.25, 0.3) is 5.91 Å². The van der Waals surface area contributed by atoms with Crippen molar-refractivity contribution in [3.8, 4) is 5.69 Å². The number of hydrogen-bond donors (Lipinski definition) is 1. The molecule has 0 fully saturated rings. The molecule has 1 aromatic carbocycles. The number of halogens is 1. The molecule has 0 aliphatic rings. The fourth-order valence-electron chi connectivity index (χ4n) is 2.34. The summed E-state index contributed by atoms with van der Waals surface area (Å²) in [6.45, 7) is 1.94. The maximum atomic E-state index is 13.1. The van der Waals surface area contributed by atoms with Crippen molar-refractivity contribution < 1.29 is 9.18 Å². The van der Waals surface area contributed by atoms with E-state index in [1.807, 2.05) is 6.92 Å². The predicted molar refractivity (Wildman–Crippen MR) is 85.1 cm³/mol. The van der Waals surface area contributed by atoms with Gasteiger partial charge in [-0.3, -0.25) is 9.78 Å². The van der Waals surface area contributed by atoms with E-state index >= 15 is 0 Å². The lowest BCUT2D eigenvalue weighted by atomic mass is 10.2. The molecule has 0 bridgehead atoms. The Kier molecular flexibility index (Phi) is 4.14. The molecule has 1 amide bonds. The summed E-state index contributed by atoms with van der Waals surface area (Å²) in [5.74, 6) is -0.545. The summed E-state index contributed by atoms with van der Waals surface area (Å²) in [6, 6.07) is 9.43. The van der Waals surface area contributed by atoms with Crippen molar-refractivity contribution in [1.82, 2.24) is 14.8 Å². The van der Waals surface area contributed by atoms with E-state index in [0.717, 1.165) is 5.69 Å². The molecule has 0 saturated heterocycles. The van der Waals surface area contributed by atoms with Gasteiger partial charge < -0.3 is 5.32 Å². The van der Waals surface area contributed by atoms with Crippen molar-refractivity contribution in [2.45, 2.75) is 13.3 Å². The van der Waals surface area contributed by atoms with Gasteiger partial charge in [-0.05, 0) is 42.8 Å². The molecule has 0 aliphatic carbocycles. The topological polar surface area (TPSA) is 59.8 Å². The molecule has 2 aromatic heterocycles. The SMILES string of the molecule is CCc1c(C(=O)Nc2ccncc2)cnn1-c1ccc(F)cc1. The summed E-state index contributed by atoms with van der Waals surface area (Å²) in [7, 11) is 0. The van der Waals surface area contributed by atoms with Crippen molar-refractivity contribution in [2.24, 2.45) is 0 Å². The van der Waals surface area contributed by atoms with E-state index in [1.165, 1.54) is 18.3 Å². The molecular weight excluding hydrogens is 295 g/mol. The number of nitrogens with zero attached hydrogens (tertiary/aromatic N) is 3. The van der Waals surface area contributed by atoms with E-state index in [1.54, 1.807) is 41.3 Å². The van der Waals surface area contributed by atoms with Crippen molar-refractivity contribution in [1.29, 1.82) is 0 Å². The number of amides is 1. The Balaban J connectivity index is 1.91. The average molecular weight is 310 g/mol. The van der Waals surface area contributed by atoms with E-state index in [0.29, 0.717) is 23.4 Å². The number of hydrogen-bond acceptors (Lipinski definition) is 3. The first-order valence-corrected chi connectivity index (χ1v) is 7.23. The molecule has 2 heterocycles. The normalized spacial score (nSPS) is 10.5. The molecule has 0 saturated carbocycles. The van der Waals surface area contributed by atoms with Gasteiger partial charge in [0, 0.05) is 18.1 Å². The lowest BCUT2D eigenvalue weighted by Gasteiger charge is -2.08. The highest BCUT2D eigenvalue weighted by Crippen LogP contribution is 2.17. The summed E-state index contributed by atoms with van der Waals surface area (Å²) in [5, 5.41) is 7.09. The molecule has 1 N–H and O–H groups in total. The lowest BCUT2D eigenvalue weighted by Crippen LogP contribution is -2.14. The molecule has 23 heavy (non-hydrogen) atoms. The van der Waals surface area contributed by atoms with Gasteiger partial charge in [-0.15, -0.1) is 0 Å². The quantitative estimate of drug-likeness (QED) is 0.805. The molecule has 5 nitrogen and oxygen atoms in total. The lowest BCUT2D eigenvalue weighted by molar-refractivity contribution is 0.102. The molecule has 0 spiro atoms.